The second kappa shape index (κ2) is 3.95. The van der Waals surface area contributed by atoms with Gasteiger partial charge in [-0.2, -0.15) is 0 Å². The smallest absolute Gasteiger partial charge is 0.354 e. The first-order valence-electron chi connectivity index (χ1n) is 3.31. The van der Waals surface area contributed by atoms with E-state index >= 15 is 0 Å². The number of hydrogen-bond acceptors (Lipinski definition) is 2. The minimum absolute atomic E-state index is 0.516. The van der Waals surface area contributed by atoms with Crippen molar-refractivity contribution in [3.05, 3.63) is 27.7 Å². The summed E-state index contributed by atoms with van der Waals surface area (Å²) < 4.78 is 36.8. The number of aromatic carboxylic acids is 1. The third kappa shape index (κ3) is 2.03. The predicted molar refractivity (Wildman–Crippen MR) is 43.8 cm³/mol. The Morgan fingerprint density at radius 1 is 1.57 bits per heavy atom. The quantitative estimate of drug-likeness (QED) is 0.898. The molecule has 3 nitrogen and oxygen atoms in total. The van der Waals surface area contributed by atoms with Gasteiger partial charge in [0.15, 0.2) is 5.69 Å². The average molecular weight is 270 g/mol. The first-order valence-corrected chi connectivity index (χ1v) is 4.10. The number of carboxylic acid groups (broad SMARTS) is 1. The Kier molecular flexibility index (Phi) is 3.10. The highest BCUT2D eigenvalue weighted by atomic mass is 79.9. The van der Waals surface area contributed by atoms with Gasteiger partial charge in [-0.3, -0.25) is 0 Å². The molecule has 0 saturated carbocycles. The summed E-state index contributed by atoms with van der Waals surface area (Å²) >= 11 is 2.55. The van der Waals surface area contributed by atoms with Crippen molar-refractivity contribution in [2.24, 2.45) is 0 Å². The number of alkyl halides is 2. The Morgan fingerprint density at radius 2 is 2.14 bits per heavy atom. The highest BCUT2D eigenvalue weighted by Gasteiger charge is 2.20. The molecule has 0 aliphatic heterocycles. The zero-order valence-corrected chi connectivity index (χ0v) is 8.06. The van der Waals surface area contributed by atoms with Gasteiger partial charge in [-0.25, -0.2) is 22.9 Å². The third-order valence-electron chi connectivity index (χ3n) is 1.36. The third-order valence-corrected chi connectivity index (χ3v) is 2.15. The number of pyridine rings is 1. The molecule has 0 aliphatic rings. The lowest BCUT2D eigenvalue weighted by atomic mass is 10.3. The molecular formula is C7H3BrF3NO2. The number of carbonyl (C=O) groups is 1. The van der Waals surface area contributed by atoms with Gasteiger partial charge in [0.1, 0.15) is 11.5 Å². The second-order valence-electron chi connectivity index (χ2n) is 2.29. The van der Waals surface area contributed by atoms with Crippen molar-refractivity contribution in [3.63, 3.8) is 0 Å². The van der Waals surface area contributed by atoms with Crippen LogP contribution < -0.4 is 0 Å². The van der Waals surface area contributed by atoms with Gasteiger partial charge in [-0.1, -0.05) is 0 Å². The Bertz CT molecular complexity index is 383. The molecule has 0 unspecified atom stereocenters. The van der Waals surface area contributed by atoms with Gasteiger partial charge in [0, 0.05) is 6.07 Å². The molecule has 1 aromatic rings. The van der Waals surface area contributed by atoms with E-state index in [-0.39, 0.29) is 0 Å². The van der Waals surface area contributed by atoms with Crippen molar-refractivity contribution >= 4 is 21.9 Å². The van der Waals surface area contributed by atoms with Crippen LogP contribution in [0, 0.1) is 5.82 Å². The molecular weight excluding hydrogens is 267 g/mol. The standard InChI is InChI=1S/C7H3BrF3NO2/c8-4-2(9)1-3(7(13)14)12-5(4)6(10)11/h1,6H,(H,13,14). The first kappa shape index (κ1) is 11.0. The van der Waals surface area contributed by atoms with Crippen LogP contribution in [-0.4, -0.2) is 16.1 Å². The van der Waals surface area contributed by atoms with Crippen LogP contribution in [0.1, 0.15) is 22.6 Å². The predicted octanol–water partition coefficient (Wildman–Crippen LogP) is 2.62. The molecule has 0 aromatic carbocycles. The highest BCUT2D eigenvalue weighted by molar-refractivity contribution is 9.10. The highest BCUT2D eigenvalue weighted by Crippen LogP contribution is 2.28. The van der Waals surface area contributed by atoms with E-state index in [1.165, 1.54) is 0 Å². The Hall–Kier alpha value is -1.11. The van der Waals surface area contributed by atoms with Crippen LogP contribution in [0.25, 0.3) is 0 Å². The minimum Gasteiger partial charge on any atom is -0.477 e. The average Bonchev–Trinajstić information content (AvgIpc) is 2.08. The molecule has 14 heavy (non-hydrogen) atoms. The van der Waals surface area contributed by atoms with Gasteiger partial charge in [0.05, 0.1) is 4.47 Å². The first-order chi connectivity index (χ1) is 6.43. The molecule has 1 N–H and O–H groups in total. The summed E-state index contributed by atoms with van der Waals surface area (Å²) in [6, 6.07) is 0.568. The SMILES string of the molecule is O=C(O)c1cc(F)c(Br)c(C(F)F)n1. The molecule has 0 amide bonds. The van der Waals surface area contributed by atoms with Gasteiger partial charge in [0.2, 0.25) is 0 Å². The number of aromatic nitrogens is 1. The largest absolute Gasteiger partial charge is 0.477 e. The number of hydrogen-bond donors (Lipinski definition) is 1. The lowest BCUT2D eigenvalue weighted by molar-refractivity contribution is 0.0687. The lowest BCUT2D eigenvalue weighted by Crippen LogP contribution is -2.05. The summed E-state index contributed by atoms with van der Waals surface area (Å²) in [6.07, 6.45) is -3.03. The Balaban J connectivity index is 3.35. The summed E-state index contributed by atoms with van der Waals surface area (Å²) in [5, 5.41) is 8.42. The van der Waals surface area contributed by atoms with Crippen LogP contribution in [0.4, 0.5) is 13.2 Å². The molecule has 1 aromatic heterocycles. The molecule has 0 atom stereocenters. The van der Waals surface area contributed by atoms with E-state index in [1.807, 2.05) is 0 Å². The second-order valence-corrected chi connectivity index (χ2v) is 3.09. The molecule has 0 spiro atoms. The fraction of sp³-hybridized carbons (Fsp3) is 0.143. The molecule has 1 heterocycles. The van der Waals surface area contributed by atoms with Crippen LogP contribution in [0.5, 0.6) is 0 Å². The van der Waals surface area contributed by atoms with Crippen LogP contribution in [-0.2, 0) is 0 Å². The zero-order chi connectivity index (χ0) is 10.9. The normalized spacial score (nSPS) is 10.6. The van der Waals surface area contributed by atoms with E-state index in [0.29, 0.717) is 6.07 Å². The number of carboxylic acids is 1. The van der Waals surface area contributed by atoms with Gasteiger partial charge >= 0.3 is 5.97 Å². The van der Waals surface area contributed by atoms with Crippen LogP contribution >= 0.6 is 15.9 Å². The molecule has 0 aliphatic carbocycles. The van der Waals surface area contributed by atoms with Crippen molar-refractivity contribution in [2.75, 3.05) is 0 Å². The maximum atomic E-state index is 12.9. The van der Waals surface area contributed by atoms with Crippen molar-refractivity contribution in [3.8, 4) is 0 Å². The molecule has 7 heteroatoms. The topological polar surface area (TPSA) is 50.2 Å². The zero-order valence-electron chi connectivity index (χ0n) is 6.47. The number of halogens is 4. The fourth-order valence-corrected chi connectivity index (χ4v) is 1.15. The van der Waals surface area contributed by atoms with Gasteiger partial charge in [-0.05, 0) is 15.9 Å². The summed E-state index contributed by atoms with van der Waals surface area (Å²) in [5.41, 5.74) is -1.66. The molecule has 0 saturated heterocycles. The van der Waals surface area contributed by atoms with E-state index in [2.05, 4.69) is 20.9 Å². The molecule has 0 radical (unpaired) electrons. The van der Waals surface area contributed by atoms with Crippen molar-refractivity contribution in [2.45, 2.75) is 6.43 Å². The van der Waals surface area contributed by atoms with E-state index in [1.54, 1.807) is 0 Å². The van der Waals surface area contributed by atoms with Gasteiger partial charge in [0.25, 0.3) is 6.43 Å². The number of nitrogens with zero attached hydrogens (tertiary/aromatic N) is 1. The summed E-state index contributed by atoms with van der Waals surface area (Å²) in [4.78, 5) is 13.4. The molecule has 1 rings (SSSR count). The van der Waals surface area contributed by atoms with Crippen LogP contribution in [0.2, 0.25) is 0 Å². The molecule has 0 bridgehead atoms. The summed E-state index contributed by atoms with van der Waals surface area (Å²) in [6.45, 7) is 0. The lowest BCUT2D eigenvalue weighted by Gasteiger charge is -2.04. The van der Waals surface area contributed by atoms with E-state index in [0.717, 1.165) is 0 Å². The maximum Gasteiger partial charge on any atom is 0.354 e. The van der Waals surface area contributed by atoms with Crippen LogP contribution in [0.15, 0.2) is 10.5 Å². The van der Waals surface area contributed by atoms with Crippen molar-refractivity contribution in [1.82, 2.24) is 4.98 Å². The van der Waals surface area contributed by atoms with Crippen LogP contribution in [0.3, 0.4) is 0 Å². The number of rotatable bonds is 2. The summed E-state index contributed by atoms with van der Waals surface area (Å²) in [7, 11) is 0. The fourth-order valence-electron chi connectivity index (χ4n) is 0.771. The molecule has 76 valence electrons. The van der Waals surface area contributed by atoms with E-state index < -0.39 is 34.1 Å². The van der Waals surface area contributed by atoms with Gasteiger partial charge < -0.3 is 5.11 Å². The van der Waals surface area contributed by atoms with Crippen molar-refractivity contribution < 1.29 is 23.1 Å². The summed E-state index contributed by atoms with van der Waals surface area (Å²) in [5.74, 6) is -2.63. The Labute approximate surface area is 84.7 Å². The minimum atomic E-state index is -3.03. The van der Waals surface area contributed by atoms with Gasteiger partial charge in [-0.15, -0.1) is 0 Å². The van der Waals surface area contributed by atoms with E-state index in [4.69, 9.17) is 5.11 Å². The van der Waals surface area contributed by atoms with E-state index in [9.17, 15) is 18.0 Å². The monoisotopic (exact) mass is 269 g/mol. The Morgan fingerprint density at radius 3 is 2.57 bits per heavy atom. The molecule has 0 fully saturated rings. The van der Waals surface area contributed by atoms with Crippen molar-refractivity contribution in [1.29, 1.82) is 0 Å². The maximum absolute atomic E-state index is 12.9.